The first-order valence-corrected chi connectivity index (χ1v) is 11.2. The number of carbonyl (C=O) groups excluding carboxylic acids is 1. The maximum Gasteiger partial charge on any atom is 0.264 e. The lowest BCUT2D eigenvalue weighted by molar-refractivity contribution is 0.102. The predicted molar refractivity (Wildman–Crippen MR) is 124 cm³/mol. The van der Waals surface area contributed by atoms with Gasteiger partial charge >= 0.3 is 0 Å². The first-order valence-electron chi connectivity index (χ1n) is 9.76. The van der Waals surface area contributed by atoms with Crippen molar-refractivity contribution >= 4 is 27.6 Å². The summed E-state index contributed by atoms with van der Waals surface area (Å²) in [6.07, 6.45) is 2.30. The van der Waals surface area contributed by atoms with Gasteiger partial charge in [-0.25, -0.2) is 23.1 Å². The summed E-state index contributed by atoms with van der Waals surface area (Å²) in [5, 5.41) is 2.76. The normalized spacial score (nSPS) is 11.0. The van der Waals surface area contributed by atoms with E-state index in [1.165, 1.54) is 24.3 Å². The number of hydrogen-bond acceptors (Lipinski definition) is 6. The van der Waals surface area contributed by atoms with Crippen LogP contribution in [0, 0.1) is 13.8 Å². The molecule has 9 heteroatoms. The molecule has 8 nitrogen and oxygen atoms in total. The minimum absolute atomic E-state index is 0.00899. The number of benzene rings is 2. The fourth-order valence-corrected chi connectivity index (χ4v) is 4.05. The van der Waals surface area contributed by atoms with Crippen LogP contribution in [0.25, 0.3) is 0 Å². The Hall–Kier alpha value is -3.72. The predicted octanol–water partition coefficient (Wildman–Crippen LogP) is 3.88. The summed E-state index contributed by atoms with van der Waals surface area (Å²) in [5.41, 5.74) is 3.06. The number of nitrogens with zero attached hydrogens (tertiary/aromatic N) is 2. The molecule has 166 valence electrons. The number of rotatable bonds is 8. The van der Waals surface area contributed by atoms with Crippen LogP contribution in [-0.4, -0.2) is 31.4 Å². The molecule has 0 saturated heterocycles. The van der Waals surface area contributed by atoms with Crippen molar-refractivity contribution in [1.82, 2.24) is 9.97 Å². The highest BCUT2D eigenvalue weighted by atomic mass is 32.2. The van der Waals surface area contributed by atoms with Crippen LogP contribution >= 0.6 is 0 Å². The van der Waals surface area contributed by atoms with Gasteiger partial charge in [0.15, 0.2) is 0 Å². The summed E-state index contributed by atoms with van der Waals surface area (Å²) >= 11 is 0. The lowest BCUT2D eigenvalue weighted by atomic mass is 10.1. The van der Waals surface area contributed by atoms with Gasteiger partial charge in [-0.15, -0.1) is 6.58 Å². The van der Waals surface area contributed by atoms with E-state index in [2.05, 4.69) is 26.6 Å². The number of aryl methyl sites for hydroxylation is 2. The van der Waals surface area contributed by atoms with E-state index in [1.807, 2.05) is 0 Å². The third-order valence-electron chi connectivity index (χ3n) is 4.54. The van der Waals surface area contributed by atoms with Crippen LogP contribution in [0.4, 0.5) is 11.6 Å². The lowest BCUT2D eigenvalue weighted by Gasteiger charge is -2.11. The number of nitrogens with one attached hydrogen (secondary N) is 2. The minimum atomic E-state index is -3.87. The third kappa shape index (κ3) is 5.50. The first kappa shape index (κ1) is 23.0. The summed E-state index contributed by atoms with van der Waals surface area (Å²) in [6.45, 7) is 7.23. The van der Waals surface area contributed by atoms with Crippen LogP contribution in [0.15, 0.2) is 66.1 Å². The monoisotopic (exact) mass is 452 g/mol. The SMILES string of the molecule is C=CCc1cc(C(=O)Nc2ccc(S(=O)(=O)Nc3nc(C)cc(C)n3)cc2)ccc1OC. The quantitative estimate of drug-likeness (QED) is 0.502. The Labute approximate surface area is 187 Å². The van der Waals surface area contributed by atoms with Crippen molar-refractivity contribution in [2.24, 2.45) is 0 Å². The van der Waals surface area contributed by atoms with Crippen LogP contribution in [0.3, 0.4) is 0 Å². The van der Waals surface area contributed by atoms with E-state index >= 15 is 0 Å². The van der Waals surface area contributed by atoms with Crippen molar-refractivity contribution in [2.45, 2.75) is 25.2 Å². The molecule has 1 heterocycles. The fraction of sp³-hybridized carbons (Fsp3) is 0.174. The van der Waals surface area contributed by atoms with Gasteiger partial charge in [-0.2, -0.15) is 0 Å². The standard InChI is InChI=1S/C23H24N4O4S/c1-5-6-17-14-18(7-12-21(17)31-4)22(28)26-19-8-10-20(11-9-19)32(29,30)27-23-24-15(2)13-16(3)25-23/h5,7-14H,1,6H2,2-4H3,(H,26,28)(H,24,25,27). The zero-order chi connectivity index (χ0) is 23.3. The van der Waals surface area contributed by atoms with Gasteiger partial charge in [-0.05, 0) is 74.4 Å². The zero-order valence-electron chi connectivity index (χ0n) is 18.0. The van der Waals surface area contributed by atoms with E-state index in [-0.39, 0.29) is 16.8 Å². The molecule has 0 aliphatic rings. The molecule has 0 fully saturated rings. The maximum absolute atomic E-state index is 12.6. The van der Waals surface area contributed by atoms with Crippen molar-refractivity contribution in [3.63, 3.8) is 0 Å². The Balaban J connectivity index is 1.74. The summed E-state index contributed by atoms with van der Waals surface area (Å²) in [6, 6.07) is 12.7. The molecule has 0 aliphatic carbocycles. The highest BCUT2D eigenvalue weighted by Crippen LogP contribution is 2.22. The summed E-state index contributed by atoms with van der Waals surface area (Å²) in [4.78, 5) is 20.8. The number of methoxy groups -OCH3 is 1. The Morgan fingerprint density at radius 2 is 1.72 bits per heavy atom. The van der Waals surface area contributed by atoms with E-state index in [0.717, 1.165) is 5.56 Å². The van der Waals surface area contributed by atoms with E-state index in [9.17, 15) is 13.2 Å². The second-order valence-electron chi connectivity index (χ2n) is 7.08. The topological polar surface area (TPSA) is 110 Å². The maximum atomic E-state index is 12.6. The molecule has 0 aliphatic heterocycles. The number of sulfonamides is 1. The number of ether oxygens (including phenoxy) is 1. The fourth-order valence-electron chi connectivity index (χ4n) is 3.11. The number of amides is 1. The molecule has 1 aromatic heterocycles. The van der Waals surface area contributed by atoms with Crippen LogP contribution in [-0.2, 0) is 16.4 Å². The van der Waals surface area contributed by atoms with E-state index in [4.69, 9.17) is 4.74 Å². The average molecular weight is 453 g/mol. The molecule has 0 atom stereocenters. The van der Waals surface area contributed by atoms with Crippen molar-refractivity contribution < 1.29 is 17.9 Å². The Morgan fingerprint density at radius 3 is 2.31 bits per heavy atom. The molecule has 0 saturated carbocycles. The highest BCUT2D eigenvalue weighted by molar-refractivity contribution is 7.92. The van der Waals surface area contributed by atoms with Crippen molar-refractivity contribution in [3.8, 4) is 5.75 Å². The second-order valence-corrected chi connectivity index (χ2v) is 8.76. The van der Waals surface area contributed by atoms with Crippen LogP contribution in [0.5, 0.6) is 5.75 Å². The molecule has 32 heavy (non-hydrogen) atoms. The van der Waals surface area contributed by atoms with E-state index in [1.54, 1.807) is 51.3 Å². The second kappa shape index (κ2) is 9.61. The molecule has 3 aromatic rings. The van der Waals surface area contributed by atoms with Gasteiger partial charge in [0.1, 0.15) is 5.75 Å². The molecule has 1 amide bonds. The third-order valence-corrected chi connectivity index (χ3v) is 5.88. The van der Waals surface area contributed by atoms with Crippen LogP contribution in [0.2, 0.25) is 0 Å². The van der Waals surface area contributed by atoms with Gasteiger partial charge in [0.2, 0.25) is 5.95 Å². The van der Waals surface area contributed by atoms with E-state index in [0.29, 0.717) is 34.8 Å². The first-order chi connectivity index (χ1) is 15.2. The number of carbonyl (C=O) groups is 1. The average Bonchev–Trinajstić information content (AvgIpc) is 2.73. The Morgan fingerprint density at radius 1 is 1.06 bits per heavy atom. The summed E-state index contributed by atoms with van der Waals surface area (Å²) < 4.78 is 33.0. The van der Waals surface area contributed by atoms with Gasteiger partial charge < -0.3 is 10.1 Å². The van der Waals surface area contributed by atoms with Gasteiger partial charge in [0.25, 0.3) is 15.9 Å². The zero-order valence-corrected chi connectivity index (χ0v) is 18.9. The van der Waals surface area contributed by atoms with Crippen LogP contribution < -0.4 is 14.8 Å². The molecule has 0 unspecified atom stereocenters. The van der Waals surface area contributed by atoms with Crippen molar-refractivity contribution in [3.05, 3.63) is 83.7 Å². The largest absolute Gasteiger partial charge is 0.496 e. The van der Waals surface area contributed by atoms with Gasteiger partial charge in [0, 0.05) is 22.6 Å². The van der Waals surface area contributed by atoms with Crippen LogP contribution in [0.1, 0.15) is 27.3 Å². The number of allylic oxidation sites excluding steroid dienone is 1. The molecule has 2 aromatic carbocycles. The van der Waals surface area contributed by atoms with Crippen molar-refractivity contribution in [2.75, 3.05) is 17.1 Å². The molecule has 0 radical (unpaired) electrons. The minimum Gasteiger partial charge on any atom is -0.496 e. The molecule has 3 rings (SSSR count). The number of aromatic nitrogens is 2. The van der Waals surface area contributed by atoms with Gasteiger partial charge in [-0.3, -0.25) is 4.79 Å². The molecular weight excluding hydrogens is 428 g/mol. The summed E-state index contributed by atoms with van der Waals surface area (Å²) in [7, 11) is -2.31. The lowest BCUT2D eigenvalue weighted by Crippen LogP contribution is -2.16. The number of hydrogen-bond donors (Lipinski definition) is 2. The summed E-state index contributed by atoms with van der Waals surface area (Å²) in [5.74, 6) is 0.362. The Kier molecular flexibility index (Phi) is 6.89. The van der Waals surface area contributed by atoms with Gasteiger partial charge in [0.05, 0.1) is 12.0 Å². The molecular formula is C23H24N4O4S. The molecule has 0 bridgehead atoms. The van der Waals surface area contributed by atoms with Crippen molar-refractivity contribution in [1.29, 1.82) is 0 Å². The number of anilines is 2. The van der Waals surface area contributed by atoms with E-state index < -0.39 is 10.0 Å². The highest BCUT2D eigenvalue weighted by Gasteiger charge is 2.17. The Bertz CT molecular complexity index is 1240. The molecule has 0 spiro atoms. The smallest absolute Gasteiger partial charge is 0.264 e. The van der Waals surface area contributed by atoms with Gasteiger partial charge in [-0.1, -0.05) is 6.08 Å². The molecule has 2 N–H and O–H groups in total.